The van der Waals surface area contributed by atoms with Crippen LogP contribution >= 0.6 is 0 Å². The molecule has 0 unspecified atom stereocenters. The number of imidazole rings is 1. The highest BCUT2D eigenvalue weighted by atomic mass is 15.2. The second-order valence-corrected chi connectivity index (χ2v) is 5.92. The van der Waals surface area contributed by atoms with Crippen LogP contribution in [-0.2, 0) is 0 Å². The second kappa shape index (κ2) is 5.16. The van der Waals surface area contributed by atoms with E-state index in [0.717, 1.165) is 27.9 Å². The van der Waals surface area contributed by atoms with E-state index < -0.39 is 0 Å². The summed E-state index contributed by atoms with van der Waals surface area (Å²) in [5.41, 5.74) is 1.47. The van der Waals surface area contributed by atoms with Crippen LogP contribution in [0.15, 0.2) is 42.9 Å². The van der Waals surface area contributed by atoms with Gasteiger partial charge in [-0.1, -0.05) is 24.3 Å². The Labute approximate surface area is 137 Å². The van der Waals surface area contributed by atoms with Crippen molar-refractivity contribution in [3.8, 4) is 0 Å². The van der Waals surface area contributed by atoms with Crippen LogP contribution in [0.4, 0.5) is 17.6 Å². The molecular weight excluding hydrogens is 302 g/mol. The van der Waals surface area contributed by atoms with E-state index in [1.54, 1.807) is 12.5 Å². The fraction of sp³-hybridized carbons (Fsp3) is 0.176. The summed E-state index contributed by atoms with van der Waals surface area (Å²) >= 11 is 0. The van der Waals surface area contributed by atoms with Crippen molar-refractivity contribution in [2.45, 2.75) is 18.9 Å². The zero-order chi connectivity index (χ0) is 15.9. The molecule has 3 heterocycles. The van der Waals surface area contributed by atoms with Crippen molar-refractivity contribution in [1.82, 2.24) is 24.9 Å². The molecule has 7 heteroatoms. The first kappa shape index (κ1) is 13.2. The smallest absolute Gasteiger partial charge is 0.232 e. The van der Waals surface area contributed by atoms with Crippen LogP contribution in [0.25, 0.3) is 21.9 Å². The Hall–Kier alpha value is -3.22. The number of pyridine rings is 1. The normalized spacial score (nSPS) is 14.2. The first-order valence-electron chi connectivity index (χ1n) is 7.95. The third-order valence-electron chi connectivity index (χ3n) is 4.10. The Bertz CT molecular complexity index is 1030. The number of anilines is 3. The van der Waals surface area contributed by atoms with Crippen molar-refractivity contribution in [1.29, 1.82) is 0 Å². The van der Waals surface area contributed by atoms with Crippen molar-refractivity contribution in [2.24, 2.45) is 0 Å². The first-order chi connectivity index (χ1) is 11.9. The number of aromatic nitrogens is 5. The molecule has 0 spiro atoms. The molecular formula is C17H15N7. The maximum Gasteiger partial charge on any atom is 0.232 e. The Morgan fingerprint density at radius 3 is 2.83 bits per heavy atom. The average Bonchev–Trinajstić information content (AvgIpc) is 3.29. The van der Waals surface area contributed by atoms with Crippen molar-refractivity contribution < 1.29 is 0 Å². The second-order valence-electron chi connectivity index (χ2n) is 5.92. The van der Waals surface area contributed by atoms with Crippen molar-refractivity contribution >= 4 is 39.5 Å². The molecule has 3 aromatic heterocycles. The van der Waals surface area contributed by atoms with Crippen molar-refractivity contribution in [3.05, 3.63) is 42.9 Å². The lowest BCUT2D eigenvalue weighted by Gasteiger charge is -2.10. The SMILES string of the molecule is c1ccc2c(Nc3nc(NC4CC4)c4nc[nH]c4n3)nccc2c1. The van der Waals surface area contributed by atoms with Crippen molar-refractivity contribution in [3.63, 3.8) is 0 Å². The molecule has 3 N–H and O–H groups in total. The van der Waals surface area contributed by atoms with Gasteiger partial charge in [0.2, 0.25) is 5.95 Å². The van der Waals surface area contributed by atoms with Crippen LogP contribution in [-0.4, -0.2) is 31.0 Å². The number of fused-ring (bicyclic) bond motifs is 2. The number of hydrogen-bond donors (Lipinski definition) is 3. The molecule has 5 rings (SSSR count). The average molecular weight is 317 g/mol. The van der Waals surface area contributed by atoms with Gasteiger partial charge >= 0.3 is 0 Å². The Kier molecular flexibility index (Phi) is 2.84. The molecule has 24 heavy (non-hydrogen) atoms. The molecule has 0 aliphatic heterocycles. The van der Waals surface area contributed by atoms with Crippen LogP contribution in [0.5, 0.6) is 0 Å². The van der Waals surface area contributed by atoms with Crippen LogP contribution in [0.2, 0.25) is 0 Å². The maximum atomic E-state index is 4.60. The van der Waals surface area contributed by atoms with E-state index in [1.165, 1.54) is 12.8 Å². The summed E-state index contributed by atoms with van der Waals surface area (Å²) in [6.07, 6.45) is 5.76. The predicted octanol–water partition coefficient (Wildman–Crippen LogP) is 3.22. The van der Waals surface area contributed by atoms with E-state index in [1.807, 2.05) is 24.3 Å². The lowest BCUT2D eigenvalue weighted by Crippen LogP contribution is -2.07. The molecule has 1 aromatic carbocycles. The minimum absolute atomic E-state index is 0.489. The van der Waals surface area contributed by atoms with Crippen LogP contribution in [0.3, 0.4) is 0 Å². The van der Waals surface area contributed by atoms with Gasteiger partial charge in [0.25, 0.3) is 0 Å². The van der Waals surface area contributed by atoms with Crippen LogP contribution in [0, 0.1) is 0 Å². The first-order valence-corrected chi connectivity index (χ1v) is 7.95. The molecule has 118 valence electrons. The number of hydrogen-bond acceptors (Lipinski definition) is 6. The number of aromatic amines is 1. The standard InChI is InChI=1S/C17H15N7/c1-2-4-12-10(3-1)7-8-18-14(12)22-17-23-15-13(19-9-20-15)16(24-17)21-11-5-6-11/h1-4,7-9,11H,5-6H2,(H3,18,19,20,21,22,23,24). The summed E-state index contributed by atoms with van der Waals surface area (Å²) in [4.78, 5) is 20.9. The highest BCUT2D eigenvalue weighted by Crippen LogP contribution is 2.29. The van der Waals surface area contributed by atoms with Gasteiger partial charge in [-0.2, -0.15) is 9.97 Å². The number of H-pyrrole nitrogens is 1. The zero-order valence-corrected chi connectivity index (χ0v) is 12.8. The molecule has 7 nitrogen and oxygen atoms in total. The van der Waals surface area contributed by atoms with E-state index in [9.17, 15) is 0 Å². The predicted molar refractivity (Wildman–Crippen MR) is 93.4 cm³/mol. The molecule has 4 aromatic rings. The fourth-order valence-corrected chi connectivity index (χ4v) is 2.74. The third-order valence-corrected chi connectivity index (χ3v) is 4.10. The largest absolute Gasteiger partial charge is 0.365 e. The van der Waals surface area contributed by atoms with Crippen molar-refractivity contribution in [2.75, 3.05) is 10.6 Å². The number of rotatable bonds is 4. The van der Waals surface area contributed by atoms with Gasteiger partial charge in [0.1, 0.15) is 11.3 Å². The highest BCUT2D eigenvalue weighted by molar-refractivity contribution is 5.93. The molecule has 0 radical (unpaired) electrons. The number of nitrogens with one attached hydrogen (secondary N) is 3. The molecule has 0 bridgehead atoms. The van der Waals surface area contributed by atoms with Crippen LogP contribution < -0.4 is 10.6 Å². The zero-order valence-electron chi connectivity index (χ0n) is 12.8. The number of benzene rings is 1. The molecule has 1 aliphatic carbocycles. The summed E-state index contributed by atoms with van der Waals surface area (Å²) in [6, 6.07) is 10.6. The Balaban J connectivity index is 1.58. The monoisotopic (exact) mass is 317 g/mol. The Morgan fingerprint density at radius 1 is 1.00 bits per heavy atom. The molecule has 0 atom stereocenters. The van der Waals surface area contributed by atoms with Gasteiger partial charge in [0.15, 0.2) is 11.5 Å². The maximum absolute atomic E-state index is 4.60. The minimum Gasteiger partial charge on any atom is -0.365 e. The lowest BCUT2D eigenvalue weighted by atomic mass is 10.1. The topological polar surface area (TPSA) is 91.4 Å². The van der Waals surface area contributed by atoms with E-state index in [-0.39, 0.29) is 0 Å². The van der Waals surface area contributed by atoms with E-state index in [0.29, 0.717) is 17.6 Å². The molecule has 1 aliphatic rings. The Morgan fingerprint density at radius 2 is 1.92 bits per heavy atom. The minimum atomic E-state index is 0.489. The molecule has 1 saturated carbocycles. The van der Waals surface area contributed by atoms with Gasteiger partial charge in [0.05, 0.1) is 6.33 Å². The lowest BCUT2D eigenvalue weighted by molar-refractivity contribution is 1.10. The highest BCUT2D eigenvalue weighted by Gasteiger charge is 2.23. The van der Waals surface area contributed by atoms with Gasteiger partial charge < -0.3 is 15.6 Å². The van der Waals surface area contributed by atoms with Gasteiger partial charge in [-0.15, -0.1) is 0 Å². The van der Waals surface area contributed by atoms with Crippen LogP contribution in [0.1, 0.15) is 12.8 Å². The number of nitrogens with zero attached hydrogens (tertiary/aromatic N) is 4. The summed E-state index contributed by atoms with van der Waals surface area (Å²) in [5.74, 6) is 1.99. The summed E-state index contributed by atoms with van der Waals surface area (Å²) < 4.78 is 0. The van der Waals surface area contributed by atoms with Gasteiger partial charge in [-0.3, -0.25) is 0 Å². The summed E-state index contributed by atoms with van der Waals surface area (Å²) in [5, 5.41) is 8.81. The molecule has 1 fully saturated rings. The third kappa shape index (κ3) is 2.30. The quantitative estimate of drug-likeness (QED) is 0.535. The molecule has 0 amide bonds. The molecule has 0 saturated heterocycles. The summed E-state index contributed by atoms with van der Waals surface area (Å²) in [6.45, 7) is 0. The fourth-order valence-electron chi connectivity index (χ4n) is 2.74. The van der Waals surface area contributed by atoms with Gasteiger partial charge in [0, 0.05) is 17.6 Å². The van der Waals surface area contributed by atoms with E-state index in [2.05, 4.69) is 41.6 Å². The van der Waals surface area contributed by atoms with E-state index >= 15 is 0 Å². The van der Waals surface area contributed by atoms with E-state index in [4.69, 9.17) is 0 Å². The van der Waals surface area contributed by atoms with Gasteiger partial charge in [-0.05, 0) is 24.3 Å². The van der Waals surface area contributed by atoms with Gasteiger partial charge in [-0.25, -0.2) is 9.97 Å². The summed E-state index contributed by atoms with van der Waals surface area (Å²) in [7, 11) is 0.